The van der Waals surface area contributed by atoms with Crippen LogP contribution in [0.3, 0.4) is 0 Å². The van der Waals surface area contributed by atoms with E-state index in [0.29, 0.717) is 0 Å². The molecule has 0 bridgehead atoms. The quantitative estimate of drug-likeness (QED) is 0.793. The third kappa shape index (κ3) is 1.70. The SMILES string of the molecule is Cn1ccc(C2(O)CSCCC2(C)C)n1. The molecule has 1 aromatic rings. The number of hydrogen-bond donors (Lipinski definition) is 1. The van der Waals surface area contributed by atoms with Crippen LogP contribution >= 0.6 is 11.8 Å². The molecule has 0 aliphatic carbocycles. The highest BCUT2D eigenvalue weighted by molar-refractivity contribution is 7.99. The minimum atomic E-state index is -0.781. The van der Waals surface area contributed by atoms with Crippen LogP contribution in [0.15, 0.2) is 12.3 Å². The number of aliphatic hydroxyl groups is 1. The van der Waals surface area contributed by atoms with Gasteiger partial charge in [0.05, 0.1) is 5.69 Å². The minimum Gasteiger partial charge on any atom is -0.382 e. The van der Waals surface area contributed by atoms with Crippen molar-refractivity contribution in [2.24, 2.45) is 12.5 Å². The normalized spacial score (nSPS) is 30.4. The molecule has 15 heavy (non-hydrogen) atoms. The lowest BCUT2D eigenvalue weighted by Gasteiger charge is -2.44. The fourth-order valence-corrected chi connectivity index (χ4v) is 3.64. The van der Waals surface area contributed by atoms with Crippen LogP contribution in [0, 0.1) is 5.41 Å². The number of aromatic nitrogens is 2. The summed E-state index contributed by atoms with van der Waals surface area (Å²) >= 11 is 1.81. The summed E-state index contributed by atoms with van der Waals surface area (Å²) in [5, 5.41) is 15.1. The van der Waals surface area contributed by atoms with Gasteiger partial charge >= 0.3 is 0 Å². The standard InChI is InChI=1S/C11H18N2OS/c1-10(2)5-7-15-8-11(10,14)9-4-6-13(3)12-9/h4,6,14H,5,7-8H2,1-3H3. The monoisotopic (exact) mass is 226 g/mol. The van der Waals surface area contributed by atoms with Crippen molar-refractivity contribution in [3.05, 3.63) is 18.0 Å². The molecule has 0 saturated carbocycles. The first-order chi connectivity index (χ1) is 6.96. The van der Waals surface area contributed by atoms with Crippen LogP contribution in [-0.2, 0) is 12.6 Å². The van der Waals surface area contributed by atoms with Gasteiger partial charge in [0.1, 0.15) is 5.60 Å². The Kier molecular flexibility index (Phi) is 2.59. The van der Waals surface area contributed by atoms with Crippen molar-refractivity contribution in [1.29, 1.82) is 0 Å². The molecule has 1 aliphatic rings. The fraction of sp³-hybridized carbons (Fsp3) is 0.727. The molecule has 84 valence electrons. The first-order valence-electron chi connectivity index (χ1n) is 5.26. The predicted molar refractivity (Wildman–Crippen MR) is 62.8 cm³/mol. The fourth-order valence-electron chi connectivity index (χ4n) is 2.01. The van der Waals surface area contributed by atoms with E-state index in [1.165, 1.54) is 0 Å². The molecule has 0 radical (unpaired) electrons. The van der Waals surface area contributed by atoms with Gasteiger partial charge in [-0.3, -0.25) is 4.68 Å². The second-order valence-corrected chi connectivity index (χ2v) is 6.03. The molecule has 1 unspecified atom stereocenters. The van der Waals surface area contributed by atoms with E-state index in [0.717, 1.165) is 23.6 Å². The first-order valence-corrected chi connectivity index (χ1v) is 6.41. The molecule has 2 heterocycles. The minimum absolute atomic E-state index is 0.0907. The second-order valence-electron chi connectivity index (χ2n) is 4.92. The van der Waals surface area contributed by atoms with Gasteiger partial charge in [-0.2, -0.15) is 16.9 Å². The highest BCUT2D eigenvalue weighted by Gasteiger charge is 2.48. The third-order valence-corrected chi connectivity index (χ3v) is 4.55. The molecule has 0 amide bonds. The van der Waals surface area contributed by atoms with Gasteiger partial charge in [0, 0.05) is 24.4 Å². The topological polar surface area (TPSA) is 38.0 Å². The average Bonchev–Trinajstić information content (AvgIpc) is 2.58. The Morgan fingerprint density at radius 2 is 2.27 bits per heavy atom. The van der Waals surface area contributed by atoms with E-state index in [9.17, 15) is 5.11 Å². The van der Waals surface area contributed by atoms with Gasteiger partial charge < -0.3 is 5.11 Å². The number of aryl methyl sites for hydroxylation is 1. The van der Waals surface area contributed by atoms with Gasteiger partial charge in [0.15, 0.2) is 0 Å². The van der Waals surface area contributed by atoms with Gasteiger partial charge in [-0.25, -0.2) is 0 Å². The lowest BCUT2D eigenvalue weighted by Crippen LogP contribution is -2.47. The summed E-state index contributed by atoms with van der Waals surface area (Å²) in [6.07, 6.45) is 2.92. The zero-order valence-electron chi connectivity index (χ0n) is 9.53. The summed E-state index contributed by atoms with van der Waals surface area (Å²) < 4.78 is 1.75. The number of thioether (sulfide) groups is 1. The van der Waals surface area contributed by atoms with E-state index in [1.807, 2.05) is 31.1 Å². The van der Waals surface area contributed by atoms with Gasteiger partial charge in [-0.15, -0.1) is 0 Å². The third-order valence-electron chi connectivity index (χ3n) is 3.44. The maximum atomic E-state index is 10.8. The Hall–Kier alpha value is -0.480. The van der Waals surface area contributed by atoms with E-state index in [1.54, 1.807) is 4.68 Å². The van der Waals surface area contributed by atoms with Crippen molar-refractivity contribution in [2.45, 2.75) is 25.9 Å². The van der Waals surface area contributed by atoms with E-state index in [4.69, 9.17) is 0 Å². The maximum Gasteiger partial charge on any atom is 0.122 e. The summed E-state index contributed by atoms with van der Waals surface area (Å²) in [6, 6.07) is 1.92. The van der Waals surface area contributed by atoms with Crippen LogP contribution in [0.25, 0.3) is 0 Å². The van der Waals surface area contributed by atoms with Crippen LogP contribution in [0.5, 0.6) is 0 Å². The molecule has 2 rings (SSSR count). The van der Waals surface area contributed by atoms with Gasteiger partial charge in [0.2, 0.25) is 0 Å². The molecule has 0 aromatic carbocycles. The summed E-state index contributed by atoms with van der Waals surface area (Å²) in [5.74, 6) is 1.87. The predicted octanol–water partition coefficient (Wildman–Crippen LogP) is 1.77. The van der Waals surface area contributed by atoms with E-state index >= 15 is 0 Å². The molecular weight excluding hydrogens is 208 g/mol. The molecular formula is C11H18N2OS. The summed E-state index contributed by atoms with van der Waals surface area (Å²) in [6.45, 7) is 4.25. The maximum absolute atomic E-state index is 10.8. The van der Waals surface area contributed by atoms with Gasteiger partial charge in [-0.05, 0) is 18.2 Å². The molecule has 4 heteroatoms. The van der Waals surface area contributed by atoms with E-state index in [-0.39, 0.29) is 5.41 Å². The zero-order chi connectivity index (χ0) is 11.1. The van der Waals surface area contributed by atoms with Crippen molar-refractivity contribution in [3.8, 4) is 0 Å². The molecule has 3 nitrogen and oxygen atoms in total. The zero-order valence-corrected chi connectivity index (χ0v) is 10.3. The molecule has 1 saturated heterocycles. The van der Waals surface area contributed by atoms with Crippen molar-refractivity contribution in [2.75, 3.05) is 11.5 Å². The lowest BCUT2D eigenvalue weighted by molar-refractivity contribution is -0.0616. The smallest absolute Gasteiger partial charge is 0.122 e. The van der Waals surface area contributed by atoms with Gasteiger partial charge in [-0.1, -0.05) is 13.8 Å². The van der Waals surface area contributed by atoms with Gasteiger partial charge in [0.25, 0.3) is 0 Å². The Morgan fingerprint density at radius 1 is 1.53 bits per heavy atom. The van der Waals surface area contributed by atoms with Crippen LogP contribution in [0.4, 0.5) is 0 Å². The Morgan fingerprint density at radius 3 is 2.80 bits per heavy atom. The molecule has 0 spiro atoms. The second kappa shape index (κ2) is 3.52. The van der Waals surface area contributed by atoms with Crippen molar-refractivity contribution in [3.63, 3.8) is 0 Å². The molecule has 1 fully saturated rings. The number of hydrogen-bond acceptors (Lipinski definition) is 3. The van der Waals surface area contributed by atoms with Crippen LogP contribution in [0.1, 0.15) is 26.0 Å². The highest BCUT2D eigenvalue weighted by atomic mass is 32.2. The molecule has 1 aliphatic heterocycles. The Balaban J connectivity index is 2.39. The van der Waals surface area contributed by atoms with Crippen LogP contribution in [-0.4, -0.2) is 26.4 Å². The largest absolute Gasteiger partial charge is 0.382 e. The lowest BCUT2D eigenvalue weighted by atomic mass is 9.72. The molecule has 1 atom stereocenters. The number of rotatable bonds is 1. The van der Waals surface area contributed by atoms with E-state index < -0.39 is 5.60 Å². The number of nitrogens with zero attached hydrogens (tertiary/aromatic N) is 2. The van der Waals surface area contributed by atoms with Crippen LogP contribution < -0.4 is 0 Å². The molecule has 1 aromatic heterocycles. The summed E-state index contributed by atoms with van der Waals surface area (Å²) in [7, 11) is 1.88. The first kappa shape index (κ1) is 11.0. The van der Waals surface area contributed by atoms with Crippen LogP contribution in [0.2, 0.25) is 0 Å². The molecule has 1 N–H and O–H groups in total. The Labute approximate surface area is 94.9 Å². The van der Waals surface area contributed by atoms with Crippen molar-refractivity contribution >= 4 is 11.8 Å². The Bertz CT molecular complexity index is 361. The van der Waals surface area contributed by atoms with Crippen molar-refractivity contribution < 1.29 is 5.11 Å². The highest BCUT2D eigenvalue weighted by Crippen LogP contribution is 2.47. The van der Waals surface area contributed by atoms with E-state index in [2.05, 4.69) is 18.9 Å². The van der Waals surface area contributed by atoms with Crippen molar-refractivity contribution in [1.82, 2.24) is 9.78 Å². The summed E-state index contributed by atoms with van der Waals surface area (Å²) in [4.78, 5) is 0. The average molecular weight is 226 g/mol. The summed E-state index contributed by atoms with van der Waals surface area (Å²) in [5.41, 5.74) is -0.0637.